The highest BCUT2D eigenvalue weighted by Gasteiger charge is 2.25. The standard InChI is InChI=1S/C14H22N4O2/c1-10(2)17-7-6-11(9-17)8-16-13-5-3-4-12(15)14(13)18(19)20/h3-5,10-11,16H,6-9,15H2,1-2H3. The molecular weight excluding hydrogens is 256 g/mol. The van der Waals surface area contributed by atoms with Gasteiger partial charge in [-0.1, -0.05) is 6.07 Å². The second-order valence-electron chi connectivity index (χ2n) is 5.62. The summed E-state index contributed by atoms with van der Waals surface area (Å²) < 4.78 is 0. The zero-order chi connectivity index (χ0) is 14.7. The van der Waals surface area contributed by atoms with Gasteiger partial charge in [0.25, 0.3) is 0 Å². The number of para-hydroxylation sites is 1. The summed E-state index contributed by atoms with van der Waals surface area (Å²) in [5.41, 5.74) is 6.37. The molecule has 0 aliphatic carbocycles. The highest BCUT2D eigenvalue weighted by molar-refractivity contribution is 5.74. The highest BCUT2D eigenvalue weighted by Crippen LogP contribution is 2.31. The zero-order valence-electron chi connectivity index (χ0n) is 12.0. The molecule has 20 heavy (non-hydrogen) atoms. The maximum absolute atomic E-state index is 11.1. The number of anilines is 2. The van der Waals surface area contributed by atoms with Crippen LogP contribution in [0.2, 0.25) is 0 Å². The Balaban J connectivity index is 1.98. The van der Waals surface area contributed by atoms with E-state index < -0.39 is 4.92 Å². The van der Waals surface area contributed by atoms with Gasteiger partial charge in [0.15, 0.2) is 0 Å². The third-order valence-electron chi connectivity index (χ3n) is 3.88. The summed E-state index contributed by atoms with van der Waals surface area (Å²) in [5.74, 6) is 0.526. The van der Waals surface area contributed by atoms with Crippen LogP contribution in [-0.4, -0.2) is 35.5 Å². The van der Waals surface area contributed by atoms with Gasteiger partial charge < -0.3 is 16.0 Å². The second kappa shape index (κ2) is 6.09. The molecule has 110 valence electrons. The van der Waals surface area contributed by atoms with Crippen LogP contribution in [0.5, 0.6) is 0 Å². The fourth-order valence-electron chi connectivity index (χ4n) is 2.66. The number of hydrogen-bond acceptors (Lipinski definition) is 5. The molecule has 6 heteroatoms. The molecule has 0 spiro atoms. The van der Waals surface area contributed by atoms with Gasteiger partial charge in [0.1, 0.15) is 11.4 Å². The zero-order valence-corrected chi connectivity index (χ0v) is 12.0. The number of nitro groups is 1. The summed E-state index contributed by atoms with van der Waals surface area (Å²) in [6.45, 7) is 7.27. The van der Waals surface area contributed by atoms with Gasteiger partial charge >= 0.3 is 5.69 Å². The van der Waals surface area contributed by atoms with Crippen molar-refractivity contribution < 1.29 is 4.92 Å². The van der Waals surface area contributed by atoms with E-state index in [1.54, 1.807) is 18.2 Å². The summed E-state index contributed by atoms with van der Waals surface area (Å²) in [4.78, 5) is 13.1. The fourth-order valence-corrected chi connectivity index (χ4v) is 2.66. The molecular formula is C14H22N4O2. The quantitative estimate of drug-likeness (QED) is 0.490. The first kappa shape index (κ1) is 14.6. The van der Waals surface area contributed by atoms with Crippen LogP contribution in [0.3, 0.4) is 0 Å². The van der Waals surface area contributed by atoms with E-state index in [-0.39, 0.29) is 11.4 Å². The summed E-state index contributed by atoms with van der Waals surface area (Å²) in [5, 5.41) is 14.2. The van der Waals surface area contributed by atoms with E-state index in [9.17, 15) is 10.1 Å². The number of nitrogen functional groups attached to an aromatic ring is 1. The van der Waals surface area contributed by atoms with Gasteiger partial charge in [-0.3, -0.25) is 10.1 Å². The van der Waals surface area contributed by atoms with Gasteiger partial charge in [0.05, 0.1) is 4.92 Å². The van der Waals surface area contributed by atoms with E-state index in [2.05, 4.69) is 24.1 Å². The maximum Gasteiger partial charge on any atom is 0.314 e. The van der Waals surface area contributed by atoms with Gasteiger partial charge in [0.2, 0.25) is 0 Å². The van der Waals surface area contributed by atoms with E-state index in [4.69, 9.17) is 5.73 Å². The third-order valence-corrected chi connectivity index (χ3v) is 3.88. The lowest BCUT2D eigenvalue weighted by Crippen LogP contribution is -2.29. The minimum Gasteiger partial charge on any atom is -0.393 e. The number of hydrogen-bond donors (Lipinski definition) is 2. The van der Waals surface area contributed by atoms with Crippen molar-refractivity contribution in [2.24, 2.45) is 5.92 Å². The molecule has 1 atom stereocenters. The topological polar surface area (TPSA) is 84.4 Å². The lowest BCUT2D eigenvalue weighted by Gasteiger charge is -2.20. The first-order valence-electron chi connectivity index (χ1n) is 7.00. The van der Waals surface area contributed by atoms with Crippen molar-refractivity contribution in [1.29, 1.82) is 0 Å². The molecule has 1 unspecified atom stereocenters. The Kier molecular flexibility index (Phi) is 4.44. The van der Waals surface area contributed by atoms with Gasteiger partial charge in [-0.2, -0.15) is 0 Å². The SMILES string of the molecule is CC(C)N1CCC(CNc2cccc(N)c2[N+](=O)[O-])C1. The van der Waals surface area contributed by atoms with Crippen LogP contribution in [-0.2, 0) is 0 Å². The van der Waals surface area contributed by atoms with E-state index in [0.717, 1.165) is 26.1 Å². The monoisotopic (exact) mass is 278 g/mol. The van der Waals surface area contributed by atoms with E-state index in [0.29, 0.717) is 17.6 Å². The Bertz CT molecular complexity index is 490. The predicted molar refractivity (Wildman–Crippen MR) is 80.8 cm³/mol. The number of rotatable bonds is 5. The minimum atomic E-state index is -0.424. The Labute approximate surface area is 119 Å². The van der Waals surface area contributed by atoms with Crippen molar-refractivity contribution in [3.05, 3.63) is 28.3 Å². The highest BCUT2D eigenvalue weighted by atomic mass is 16.6. The molecule has 3 N–H and O–H groups in total. The first-order valence-corrected chi connectivity index (χ1v) is 7.00. The molecule has 1 fully saturated rings. The Morgan fingerprint density at radius 1 is 1.55 bits per heavy atom. The third kappa shape index (κ3) is 3.19. The molecule has 0 amide bonds. The van der Waals surface area contributed by atoms with Gasteiger partial charge in [-0.15, -0.1) is 0 Å². The van der Waals surface area contributed by atoms with Gasteiger partial charge in [0, 0.05) is 19.1 Å². The Hall–Kier alpha value is -1.82. The molecule has 1 aliphatic rings. The van der Waals surface area contributed by atoms with Crippen molar-refractivity contribution in [2.75, 3.05) is 30.7 Å². The number of nitrogens with two attached hydrogens (primary N) is 1. The average Bonchev–Trinajstić information content (AvgIpc) is 2.84. The molecule has 1 heterocycles. The summed E-state index contributed by atoms with van der Waals surface area (Å²) in [6.07, 6.45) is 1.13. The lowest BCUT2D eigenvalue weighted by atomic mass is 10.1. The van der Waals surface area contributed by atoms with Crippen LogP contribution in [0, 0.1) is 16.0 Å². The molecule has 0 aromatic heterocycles. The molecule has 0 saturated carbocycles. The normalized spacial score (nSPS) is 19.4. The van der Waals surface area contributed by atoms with Crippen molar-refractivity contribution in [3.63, 3.8) is 0 Å². The molecule has 0 bridgehead atoms. The number of benzene rings is 1. The van der Waals surface area contributed by atoms with Crippen LogP contribution in [0.25, 0.3) is 0 Å². The van der Waals surface area contributed by atoms with Crippen molar-refractivity contribution in [3.8, 4) is 0 Å². The molecule has 6 nitrogen and oxygen atoms in total. The number of nitrogens with one attached hydrogen (secondary N) is 1. The van der Waals surface area contributed by atoms with Crippen molar-refractivity contribution in [1.82, 2.24) is 4.90 Å². The molecule has 1 aromatic carbocycles. The second-order valence-corrected chi connectivity index (χ2v) is 5.62. The molecule has 1 aliphatic heterocycles. The van der Waals surface area contributed by atoms with Crippen LogP contribution in [0.4, 0.5) is 17.1 Å². The van der Waals surface area contributed by atoms with Crippen LogP contribution in [0.15, 0.2) is 18.2 Å². The predicted octanol–water partition coefficient (Wildman–Crippen LogP) is 2.32. The van der Waals surface area contributed by atoms with E-state index in [1.807, 2.05) is 0 Å². The molecule has 1 saturated heterocycles. The van der Waals surface area contributed by atoms with Crippen LogP contribution in [0.1, 0.15) is 20.3 Å². The average molecular weight is 278 g/mol. The maximum atomic E-state index is 11.1. The van der Waals surface area contributed by atoms with Crippen molar-refractivity contribution >= 4 is 17.1 Å². The summed E-state index contributed by atoms with van der Waals surface area (Å²) in [7, 11) is 0. The minimum absolute atomic E-state index is 0.0220. The van der Waals surface area contributed by atoms with Gasteiger partial charge in [-0.25, -0.2) is 0 Å². The largest absolute Gasteiger partial charge is 0.393 e. The first-order chi connectivity index (χ1) is 9.49. The Morgan fingerprint density at radius 3 is 2.90 bits per heavy atom. The lowest BCUT2D eigenvalue weighted by molar-refractivity contribution is -0.383. The smallest absolute Gasteiger partial charge is 0.314 e. The molecule has 2 rings (SSSR count). The van der Waals surface area contributed by atoms with Crippen molar-refractivity contribution in [2.45, 2.75) is 26.3 Å². The molecule has 1 aromatic rings. The van der Waals surface area contributed by atoms with Gasteiger partial charge in [-0.05, 0) is 44.9 Å². The summed E-state index contributed by atoms with van der Waals surface area (Å²) in [6, 6.07) is 5.56. The fraction of sp³-hybridized carbons (Fsp3) is 0.571. The number of nitrogens with zero attached hydrogens (tertiary/aromatic N) is 2. The van der Waals surface area contributed by atoms with Crippen LogP contribution >= 0.6 is 0 Å². The number of nitro benzene ring substituents is 1. The number of likely N-dealkylation sites (tertiary alicyclic amines) is 1. The summed E-state index contributed by atoms with van der Waals surface area (Å²) >= 11 is 0. The van der Waals surface area contributed by atoms with E-state index >= 15 is 0 Å². The van der Waals surface area contributed by atoms with E-state index in [1.165, 1.54) is 0 Å². The molecule has 0 radical (unpaired) electrons. The Morgan fingerprint density at radius 2 is 2.30 bits per heavy atom. The van der Waals surface area contributed by atoms with Crippen LogP contribution < -0.4 is 11.1 Å².